The Kier molecular flexibility index (Phi) is 5.61. The molecule has 0 bridgehead atoms. The largest absolute Gasteiger partial charge is 0.393 e. The molecule has 0 spiro atoms. The molecule has 0 saturated heterocycles. The van der Waals surface area contributed by atoms with E-state index in [2.05, 4.69) is 0 Å². The Morgan fingerprint density at radius 1 is 1.33 bits per heavy atom. The third-order valence-electron chi connectivity index (χ3n) is 1.89. The van der Waals surface area contributed by atoms with Gasteiger partial charge in [0, 0.05) is 11.6 Å². The van der Waals surface area contributed by atoms with Gasteiger partial charge >= 0.3 is 0 Å². The van der Waals surface area contributed by atoms with Gasteiger partial charge in [0.15, 0.2) is 0 Å². The highest BCUT2D eigenvalue weighted by molar-refractivity contribution is 7.80. The van der Waals surface area contributed by atoms with Gasteiger partial charge in [-0.25, -0.2) is 0 Å². The molecule has 0 atom stereocenters. The molecule has 2 nitrogen and oxygen atoms in total. The summed E-state index contributed by atoms with van der Waals surface area (Å²) in [5, 5.41) is 0.743. The highest BCUT2D eigenvalue weighted by Crippen LogP contribution is 2.10. The maximum atomic E-state index is 5.76. The highest BCUT2D eigenvalue weighted by atomic mass is 35.5. The first-order valence-electron chi connectivity index (χ1n) is 4.79. The van der Waals surface area contributed by atoms with Crippen LogP contribution in [0, 0.1) is 0 Å². The first kappa shape index (κ1) is 12.4. The lowest BCUT2D eigenvalue weighted by atomic mass is 10.2. The van der Waals surface area contributed by atoms with Crippen molar-refractivity contribution < 1.29 is 4.74 Å². The topological polar surface area (TPSA) is 35.2 Å². The molecule has 0 aliphatic carbocycles. The Morgan fingerprint density at radius 3 is 2.60 bits per heavy atom. The monoisotopic (exact) mass is 243 g/mol. The minimum absolute atomic E-state index is 0.546. The van der Waals surface area contributed by atoms with Crippen molar-refractivity contribution >= 4 is 28.8 Å². The van der Waals surface area contributed by atoms with Crippen molar-refractivity contribution in [2.75, 3.05) is 6.61 Å². The van der Waals surface area contributed by atoms with Crippen molar-refractivity contribution in [2.45, 2.75) is 19.4 Å². The summed E-state index contributed by atoms with van der Waals surface area (Å²) in [5.41, 5.74) is 6.48. The van der Waals surface area contributed by atoms with E-state index in [1.54, 1.807) is 0 Å². The molecule has 2 N–H and O–H groups in total. The molecule has 0 aliphatic heterocycles. The predicted molar refractivity (Wildman–Crippen MR) is 67.1 cm³/mol. The summed E-state index contributed by atoms with van der Waals surface area (Å²) in [6, 6.07) is 7.62. The maximum absolute atomic E-state index is 5.76. The van der Waals surface area contributed by atoms with Crippen LogP contribution < -0.4 is 5.73 Å². The van der Waals surface area contributed by atoms with Gasteiger partial charge in [-0.3, -0.25) is 0 Å². The number of hydrogen-bond acceptors (Lipinski definition) is 2. The summed E-state index contributed by atoms with van der Waals surface area (Å²) in [5.74, 6) is 0. The molecule has 1 aromatic carbocycles. The van der Waals surface area contributed by atoms with E-state index in [0.29, 0.717) is 18.2 Å². The number of hydrogen-bond donors (Lipinski definition) is 1. The smallest absolute Gasteiger partial charge is 0.0728 e. The molecule has 0 unspecified atom stereocenters. The summed E-state index contributed by atoms with van der Waals surface area (Å²) in [6.45, 7) is 1.29. The van der Waals surface area contributed by atoms with Crippen molar-refractivity contribution in [3.8, 4) is 0 Å². The van der Waals surface area contributed by atoms with Gasteiger partial charge < -0.3 is 10.5 Å². The minimum atomic E-state index is 0.546. The van der Waals surface area contributed by atoms with Crippen molar-refractivity contribution in [1.29, 1.82) is 0 Å². The zero-order chi connectivity index (χ0) is 11.1. The lowest BCUT2D eigenvalue weighted by molar-refractivity contribution is 0.120. The molecule has 0 heterocycles. The minimum Gasteiger partial charge on any atom is -0.393 e. The normalized spacial score (nSPS) is 10.2. The van der Waals surface area contributed by atoms with Crippen LogP contribution in [0.3, 0.4) is 0 Å². The molecular weight excluding hydrogens is 230 g/mol. The van der Waals surface area contributed by atoms with Gasteiger partial charge in [-0.2, -0.15) is 0 Å². The van der Waals surface area contributed by atoms with Gasteiger partial charge in [-0.05, 0) is 30.5 Å². The lowest BCUT2D eigenvalue weighted by Gasteiger charge is -2.03. The van der Waals surface area contributed by atoms with Gasteiger partial charge in [0.25, 0.3) is 0 Å². The number of nitrogens with two attached hydrogens (primary N) is 1. The van der Waals surface area contributed by atoms with E-state index in [4.69, 9.17) is 34.3 Å². The summed E-state index contributed by atoms with van der Waals surface area (Å²) < 4.78 is 5.45. The molecule has 82 valence electrons. The predicted octanol–water partition coefficient (Wildman–Crippen LogP) is 2.92. The third-order valence-corrected chi connectivity index (χ3v) is 2.35. The van der Waals surface area contributed by atoms with Crippen molar-refractivity contribution in [1.82, 2.24) is 0 Å². The van der Waals surface area contributed by atoms with Gasteiger partial charge in [-0.15, -0.1) is 0 Å². The Labute approximate surface area is 100 Å². The van der Waals surface area contributed by atoms with Crippen LogP contribution in [0.25, 0.3) is 0 Å². The van der Waals surface area contributed by atoms with Crippen molar-refractivity contribution in [3.63, 3.8) is 0 Å². The molecule has 0 fully saturated rings. The van der Waals surface area contributed by atoms with Crippen LogP contribution in [-0.4, -0.2) is 11.6 Å². The second-order valence-electron chi connectivity index (χ2n) is 3.25. The van der Waals surface area contributed by atoms with Crippen LogP contribution in [-0.2, 0) is 11.3 Å². The SMILES string of the molecule is NC(=S)CCCOCc1ccc(Cl)cc1. The van der Waals surface area contributed by atoms with Crippen LogP contribution in [0.4, 0.5) is 0 Å². The van der Waals surface area contributed by atoms with Gasteiger partial charge in [0.05, 0.1) is 11.6 Å². The van der Waals surface area contributed by atoms with E-state index in [9.17, 15) is 0 Å². The van der Waals surface area contributed by atoms with Crippen molar-refractivity contribution in [3.05, 3.63) is 34.9 Å². The summed E-state index contributed by atoms with van der Waals surface area (Å²) in [4.78, 5) is 0.546. The molecule has 0 aliphatic rings. The fraction of sp³-hybridized carbons (Fsp3) is 0.364. The van der Waals surface area contributed by atoms with Gasteiger partial charge in [-0.1, -0.05) is 36.0 Å². The Bertz CT molecular complexity index is 313. The lowest BCUT2D eigenvalue weighted by Crippen LogP contribution is -2.08. The van der Waals surface area contributed by atoms with Crippen LogP contribution in [0.15, 0.2) is 24.3 Å². The second kappa shape index (κ2) is 6.77. The van der Waals surface area contributed by atoms with Crippen LogP contribution in [0.5, 0.6) is 0 Å². The first-order valence-corrected chi connectivity index (χ1v) is 5.57. The first-order chi connectivity index (χ1) is 7.18. The Hall–Kier alpha value is -0.640. The molecule has 15 heavy (non-hydrogen) atoms. The molecule has 4 heteroatoms. The molecule has 1 aromatic rings. The zero-order valence-corrected chi connectivity index (χ0v) is 9.98. The standard InChI is InChI=1S/C11H14ClNOS/c12-10-5-3-9(4-6-10)8-14-7-1-2-11(13)15/h3-6H,1-2,7-8H2,(H2,13,15). The van der Waals surface area contributed by atoms with Crippen LogP contribution in [0.1, 0.15) is 18.4 Å². The fourth-order valence-electron chi connectivity index (χ4n) is 1.12. The van der Waals surface area contributed by atoms with Crippen LogP contribution >= 0.6 is 23.8 Å². The summed E-state index contributed by atoms with van der Waals surface area (Å²) in [7, 11) is 0. The zero-order valence-electron chi connectivity index (χ0n) is 8.41. The molecule has 1 rings (SSSR count). The number of thiocarbonyl (C=S) groups is 1. The summed E-state index contributed by atoms with van der Waals surface area (Å²) in [6.07, 6.45) is 1.62. The molecule has 0 radical (unpaired) electrons. The highest BCUT2D eigenvalue weighted by Gasteiger charge is 1.94. The van der Waals surface area contributed by atoms with Crippen molar-refractivity contribution in [2.24, 2.45) is 5.73 Å². The molecule has 0 aromatic heterocycles. The van der Waals surface area contributed by atoms with E-state index in [1.807, 2.05) is 24.3 Å². The molecular formula is C11H14ClNOS. The Morgan fingerprint density at radius 2 is 2.00 bits per heavy atom. The quantitative estimate of drug-likeness (QED) is 0.616. The van der Waals surface area contributed by atoms with Crippen LogP contribution in [0.2, 0.25) is 5.02 Å². The molecule has 0 amide bonds. The van der Waals surface area contributed by atoms with E-state index < -0.39 is 0 Å². The second-order valence-corrected chi connectivity index (χ2v) is 4.21. The van der Waals surface area contributed by atoms with Gasteiger partial charge in [0.2, 0.25) is 0 Å². The van der Waals surface area contributed by atoms with E-state index in [-0.39, 0.29) is 0 Å². The number of rotatable bonds is 6. The van der Waals surface area contributed by atoms with Gasteiger partial charge in [0.1, 0.15) is 0 Å². The average Bonchev–Trinajstić information content (AvgIpc) is 2.20. The summed E-state index contributed by atoms with van der Waals surface area (Å²) >= 11 is 10.5. The van der Waals surface area contributed by atoms with E-state index >= 15 is 0 Å². The van der Waals surface area contributed by atoms with E-state index in [0.717, 1.165) is 23.4 Å². The third kappa shape index (κ3) is 5.72. The number of halogens is 1. The maximum Gasteiger partial charge on any atom is 0.0728 e. The fourth-order valence-corrected chi connectivity index (χ4v) is 1.39. The van der Waals surface area contributed by atoms with E-state index in [1.165, 1.54) is 0 Å². The average molecular weight is 244 g/mol. The molecule has 0 saturated carbocycles. The Balaban J connectivity index is 2.15. The number of ether oxygens (including phenoxy) is 1. The number of benzene rings is 1.